The van der Waals surface area contributed by atoms with Crippen LogP contribution in [0.15, 0.2) is 35.4 Å². The maximum atomic E-state index is 12.1. The number of rotatable bonds is 5. The van der Waals surface area contributed by atoms with Crippen LogP contribution in [-0.2, 0) is 22.7 Å². The molecule has 0 fully saturated rings. The van der Waals surface area contributed by atoms with Crippen LogP contribution in [0.2, 0.25) is 5.02 Å². The average Bonchev–Trinajstić information content (AvgIpc) is 2.46. The highest BCUT2D eigenvalue weighted by Gasteiger charge is 2.10. The molecule has 2 rings (SSSR count). The van der Waals surface area contributed by atoms with Gasteiger partial charge in [0.05, 0.1) is 29.3 Å². The molecule has 1 amide bonds. The van der Waals surface area contributed by atoms with Gasteiger partial charge in [0.2, 0.25) is 5.91 Å². The van der Waals surface area contributed by atoms with Crippen molar-refractivity contribution >= 4 is 23.2 Å². The van der Waals surface area contributed by atoms with Crippen molar-refractivity contribution in [3.05, 3.63) is 57.2 Å². The van der Waals surface area contributed by atoms with E-state index < -0.39 is 0 Å². The Hall–Kier alpha value is -2.18. The maximum absolute atomic E-state index is 12.1. The largest absolute Gasteiger partial charge is 0.378 e. The molecule has 6 nitrogen and oxygen atoms in total. The number of aryl methyl sites for hydroxylation is 1. The van der Waals surface area contributed by atoms with Gasteiger partial charge in [-0.1, -0.05) is 23.7 Å². The lowest BCUT2D eigenvalue weighted by atomic mass is 10.2. The first-order valence-corrected chi connectivity index (χ1v) is 6.98. The second kappa shape index (κ2) is 7.20. The maximum Gasteiger partial charge on any atom is 0.254 e. The van der Waals surface area contributed by atoms with Gasteiger partial charge in [-0.05, 0) is 18.6 Å². The summed E-state index contributed by atoms with van der Waals surface area (Å²) in [5.41, 5.74) is 1.60. The smallest absolute Gasteiger partial charge is 0.254 e. The van der Waals surface area contributed by atoms with Crippen LogP contribution in [0, 0.1) is 6.92 Å². The molecule has 0 atom stereocenters. The summed E-state index contributed by atoms with van der Waals surface area (Å²) in [5.74, 6) is -0.348. The summed E-state index contributed by atoms with van der Waals surface area (Å²) in [4.78, 5) is 28.0. The SMILES string of the molecule is COCc1cc(=O)n(CC(=O)Nc2c(C)cccc2Cl)cn1. The molecule has 1 N–H and O–H groups in total. The summed E-state index contributed by atoms with van der Waals surface area (Å²) < 4.78 is 6.13. The van der Waals surface area contributed by atoms with Crippen LogP contribution in [0.4, 0.5) is 5.69 Å². The van der Waals surface area contributed by atoms with E-state index in [1.165, 1.54) is 24.1 Å². The highest BCUT2D eigenvalue weighted by Crippen LogP contribution is 2.25. The van der Waals surface area contributed by atoms with E-state index in [1.54, 1.807) is 12.1 Å². The third-order valence-corrected chi connectivity index (χ3v) is 3.34. The van der Waals surface area contributed by atoms with Gasteiger partial charge in [-0.25, -0.2) is 4.98 Å². The van der Waals surface area contributed by atoms with Crippen molar-refractivity contribution in [2.75, 3.05) is 12.4 Å². The summed E-state index contributed by atoms with van der Waals surface area (Å²) >= 11 is 6.05. The fourth-order valence-electron chi connectivity index (χ4n) is 1.93. The van der Waals surface area contributed by atoms with Gasteiger partial charge in [-0.15, -0.1) is 0 Å². The van der Waals surface area contributed by atoms with Crippen LogP contribution in [0.25, 0.3) is 0 Å². The summed E-state index contributed by atoms with van der Waals surface area (Å²) in [5, 5.41) is 3.16. The Bertz CT molecular complexity index is 723. The van der Waals surface area contributed by atoms with Gasteiger partial charge in [0.1, 0.15) is 6.54 Å². The number of hydrogen-bond acceptors (Lipinski definition) is 4. The zero-order valence-electron chi connectivity index (χ0n) is 12.3. The molecule has 1 heterocycles. The number of carbonyl (C=O) groups is 1. The predicted molar refractivity (Wildman–Crippen MR) is 84.0 cm³/mol. The van der Waals surface area contributed by atoms with Gasteiger partial charge in [-0.2, -0.15) is 0 Å². The predicted octanol–water partition coefficient (Wildman–Crippen LogP) is 1.99. The van der Waals surface area contributed by atoms with Gasteiger partial charge in [0.25, 0.3) is 5.56 Å². The number of nitrogens with zero attached hydrogens (tertiary/aromatic N) is 2. The third kappa shape index (κ3) is 3.93. The molecule has 7 heteroatoms. The fourth-order valence-corrected chi connectivity index (χ4v) is 2.20. The molecule has 1 aromatic heterocycles. The van der Waals surface area contributed by atoms with Gasteiger partial charge in [-0.3, -0.25) is 14.2 Å². The van der Waals surface area contributed by atoms with E-state index in [9.17, 15) is 9.59 Å². The Labute approximate surface area is 132 Å². The zero-order valence-corrected chi connectivity index (χ0v) is 13.1. The number of aromatic nitrogens is 2. The second-order valence-electron chi connectivity index (χ2n) is 4.76. The number of nitrogens with one attached hydrogen (secondary N) is 1. The second-order valence-corrected chi connectivity index (χ2v) is 5.17. The van der Waals surface area contributed by atoms with E-state index in [4.69, 9.17) is 16.3 Å². The van der Waals surface area contributed by atoms with E-state index >= 15 is 0 Å². The van der Waals surface area contributed by atoms with Crippen molar-refractivity contribution in [3.63, 3.8) is 0 Å². The highest BCUT2D eigenvalue weighted by molar-refractivity contribution is 6.33. The number of amides is 1. The van der Waals surface area contributed by atoms with Gasteiger partial charge in [0, 0.05) is 13.2 Å². The molecule has 0 bridgehead atoms. The van der Waals surface area contributed by atoms with Crippen molar-refractivity contribution in [1.29, 1.82) is 0 Å². The molecular weight excluding hydrogens is 306 g/mol. The van der Waals surface area contributed by atoms with Crippen LogP contribution < -0.4 is 10.9 Å². The number of methoxy groups -OCH3 is 1. The number of carbonyl (C=O) groups excluding carboxylic acids is 1. The minimum absolute atomic E-state index is 0.135. The first-order valence-electron chi connectivity index (χ1n) is 6.60. The lowest BCUT2D eigenvalue weighted by Crippen LogP contribution is -2.28. The summed E-state index contributed by atoms with van der Waals surface area (Å²) in [7, 11) is 1.52. The Morgan fingerprint density at radius 2 is 2.23 bits per heavy atom. The number of para-hydroxylation sites is 1. The number of halogens is 1. The molecule has 2 aromatic rings. The van der Waals surface area contributed by atoms with E-state index in [0.29, 0.717) is 16.4 Å². The van der Waals surface area contributed by atoms with Crippen LogP contribution in [-0.4, -0.2) is 22.6 Å². The topological polar surface area (TPSA) is 73.2 Å². The Kier molecular flexibility index (Phi) is 5.30. The molecule has 0 radical (unpaired) electrons. The average molecular weight is 322 g/mol. The Morgan fingerprint density at radius 3 is 2.86 bits per heavy atom. The van der Waals surface area contributed by atoms with Gasteiger partial charge in [0.15, 0.2) is 0 Å². The molecule has 0 spiro atoms. The van der Waals surface area contributed by atoms with Crippen LogP contribution in [0.1, 0.15) is 11.3 Å². The normalized spacial score (nSPS) is 10.5. The molecule has 0 unspecified atom stereocenters. The van der Waals surface area contributed by atoms with E-state index in [1.807, 2.05) is 13.0 Å². The van der Waals surface area contributed by atoms with E-state index in [0.717, 1.165) is 5.56 Å². The Balaban J connectivity index is 2.11. The minimum Gasteiger partial charge on any atom is -0.378 e. The van der Waals surface area contributed by atoms with Gasteiger partial charge < -0.3 is 10.1 Å². The number of hydrogen-bond donors (Lipinski definition) is 1. The third-order valence-electron chi connectivity index (χ3n) is 3.03. The molecule has 0 saturated carbocycles. The monoisotopic (exact) mass is 321 g/mol. The van der Waals surface area contributed by atoms with Crippen molar-refractivity contribution in [2.24, 2.45) is 0 Å². The van der Waals surface area contributed by atoms with Crippen molar-refractivity contribution < 1.29 is 9.53 Å². The first kappa shape index (κ1) is 16.2. The highest BCUT2D eigenvalue weighted by atomic mass is 35.5. The molecule has 0 aliphatic carbocycles. The van der Waals surface area contributed by atoms with Gasteiger partial charge >= 0.3 is 0 Å². The Morgan fingerprint density at radius 1 is 1.45 bits per heavy atom. The van der Waals surface area contributed by atoms with Crippen molar-refractivity contribution in [2.45, 2.75) is 20.1 Å². The van der Waals surface area contributed by atoms with Crippen molar-refractivity contribution in [1.82, 2.24) is 9.55 Å². The number of ether oxygens (including phenoxy) is 1. The molecule has 0 aliphatic heterocycles. The fraction of sp³-hybridized carbons (Fsp3) is 0.267. The summed E-state index contributed by atoms with van der Waals surface area (Å²) in [6.45, 7) is 1.96. The molecule has 1 aromatic carbocycles. The number of anilines is 1. The molecular formula is C15H16ClN3O3. The molecule has 0 aliphatic rings. The lowest BCUT2D eigenvalue weighted by Gasteiger charge is -2.11. The quantitative estimate of drug-likeness (QED) is 0.914. The lowest BCUT2D eigenvalue weighted by molar-refractivity contribution is -0.116. The summed E-state index contributed by atoms with van der Waals surface area (Å²) in [6.07, 6.45) is 1.33. The zero-order chi connectivity index (χ0) is 16.1. The van der Waals surface area contributed by atoms with Crippen molar-refractivity contribution in [3.8, 4) is 0 Å². The van der Waals surface area contributed by atoms with Crippen LogP contribution >= 0.6 is 11.6 Å². The van der Waals surface area contributed by atoms with Crippen LogP contribution in [0.5, 0.6) is 0 Å². The van der Waals surface area contributed by atoms with Crippen LogP contribution in [0.3, 0.4) is 0 Å². The molecule has 0 saturated heterocycles. The molecule has 116 valence electrons. The first-order chi connectivity index (χ1) is 10.5. The minimum atomic E-state index is -0.348. The number of benzene rings is 1. The van der Waals surface area contributed by atoms with E-state index in [2.05, 4.69) is 10.3 Å². The standard InChI is InChI=1S/C15H16ClN3O3/c1-10-4-3-5-12(16)15(10)18-13(20)7-19-9-17-11(8-22-2)6-14(19)21/h3-6,9H,7-8H2,1-2H3,(H,18,20). The summed E-state index contributed by atoms with van der Waals surface area (Å²) in [6, 6.07) is 6.68. The van der Waals surface area contributed by atoms with E-state index in [-0.39, 0.29) is 24.6 Å². The molecule has 22 heavy (non-hydrogen) atoms.